The lowest BCUT2D eigenvalue weighted by Gasteiger charge is -2.48. The number of imidazole rings is 2. The zero-order valence-corrected chi connectivity index (χ0v) is 25.7. The Morgan fingerprint density at radius 2 is 1.70 bits per heavy atom. The molecule has 2 aliphatic carbocycles. The molecule has 2 bridgehead atoms. The average Bonchev–Trinajstić information content (AvgIpc) is 3.72. The Morgan fingerprint density at radius 1 is 0.957 bits per heavy atom. The van der Waals surface area contributed by atoms with E-state index in [0.29, 0.717) is 6.42 Å². The molecule has 9 N–H and O–H groups in total. The maximum Gasteiger partial charge on any atom is 0.472 e. The van der Waals surface area contributed by atoms with Gasteiger partial charge in [0, 0.05) is 5.41 Å². The van der Waals surface area contributed by atoms with E-state index in [2.05, 4.69) is 29.9 Å². The maximum atomic E-state index is 13.5. The Labute approximate surface area is 261 Å². The number of rotatable bonds is 2. The highest BCUT2D eigenvalue weighted by atomic mass is 31.2. The van der Waals surface area contributed by atoms with Crippen LogP contribution >= 0.6 is 15.6 Å². The number of nitrogens with one attached hydrogen (secondary N) is 1. The van der Waals surface area contributed by atoms with Gasteiger partial charge in [-0.2, -0.15) is 4.98 Å². The van der Waals surface area contributed by atoms with Crippen LogP contribution in [0.15, 0.2) is 23.8 Å². The third kappa shape index (κ3) is 4.75. The molecule has 4 aromatic rings. The van der Waals surface area contributed by atoms with Crippen LogP contribution in [0.4, 0.5) is 11.8 Å². The monoisotopic (exact) mass is 698 g/mol. The predicted molar refractivity (Wildman–Crippen MR) is 154 cm³/mol. The highest BCUT2D eigenvalue weighted by Crippen LogP contribution is 2.67. The molecule has 11 atom stereocenters. The molecule has 0 aromatic carbocycles. The number of aliphatic hydroxyl groups is 2. The molecule has 0 amide bonds. The molecule has 8 rings (SSSR count). The Hall–Kier alpha value is -3.40. The van der Waals surface area contributed by atoms with E-state index in [1.165, 1.54) is 12.7 Å². The van der Waals surface area contributed by atoms with Crippen molar-refractivity contribution in [3.8, 4) is 0 Å². The first-order valence-electron chi connectivity index (χ1n) is 14.3. The summed E-state index contributed by atoms with van der Waals surface area (Å²) in [5.41, 5.74) is 9.98. The fourth-order valence-electron chi connectivity index (χ4n) is 7.23. The summed E-state index contributed by atoms with van der Waals surface area (Å²) in [5, 5.41) is 22.8. The number of fused-ring (bicyclic) bond motifs is 4. The molecule has 24 heteroatoms. The van der Waals surface area contributed by atoms with E-state index in [4.69, 9.17) is 34.3 Å². The lowest BCUT2D eigenvalue weighted by molar-refractivity contribution is -0.105. The summed E-state index contributed by atoms with van der Waals surface area (Å²) in [6.45, 7) is -1.34. The highest BCUT2D eigenvalue weighted by molar-refractivity contribution is 7.47. The number of aromatic nitrogens is 8. The van der Waals surface area contributed by atoms with Gasteiger partial charge in [0.2, 0.25) is 5.95 Å². The van der Waals surface area contributed by atoms with Gasteiger partial charge in [0.25, 0.3) is 5.56 Å². The van der Waals surface area contributed by atoms with Gasteiger partial charge >= 0.3 is 15.6 Å². The lowest BCUT2D eigenvalue weighted by Crippen LogP contribution is -2.50. The van der Waals surface area contributed by atoms with Gasteiger partial charge in [0.05, 0.1) is 31.9 Å². The number of aromatic amines is 1. The summed E-state index contributed by atoms with van der Waals surface area (Å²) in [6, 6.07) is -0.841. The number of hydrogen-bond donors (Lipinski definition) is 7. The van der Waals surface area contributed by atoms with Crippen LogP contribution in [0.25, 0.3) is 22.3 Å². The van der Waals surface area contributed by atoms with E-state index in [0.717, 1.165) is 10.9 Å². The third-order valence-corrected chi connectivity index (χ3v) is 11.4. The topological polar surface area (TPSA) is 320 Å². The quantitative estimate of drug-likeness (QED) is 0.120. The fourth-order valence-corrected chi connectivity index (χ4v) is 9.25. The zero-order chi connectivity index (χ0) is 33.0. The third-order valence-electron chi connectivity index (χ3n) is 9.44. The number of phosphoric ester groups is 2. The molecule has 2 saturated heterocycles. The summed E-state index contributed by atoms with van der Waals surface area (Å²) < 4.78 is 57.3. The minimum absolute atomic E-state index is 0.102. The van der Waals surface area contributed by atoms with E-state index in [9.17, 15) is 33.9 Å². The molecule has 252 valence electrons. The van der Waals surface area contributed by atoms with Gasteiger partial charge in [-0.3, -0.25) is 32.4 Å². The highest BCUT2D eigenvalue weighted by Gasteiger charge is 2.68. The van der Waals surface area contributed by atoms with Gasteiger partial charge in [0.1, 0.15) is 42.4 Å². The largest absolute Gasteiger partial charge is 0.472 e. The molecule has 2 unspecified atom stereocenters. The van der Waals surface area contributed by atoms with E-state index in [1.54, 1.807) is 4.57 Å². The second-order valence-corrected chi connectivity index (χ2v) is 14.7. The van der Waals surface area contributed by atoms with Gasteiger partial charge in [-0.15, -0.1) is 0 Å². The molecule has 4 aliphatic rings. The van der Waals surface area contributed by atoms with Gasteiger partial charge in [-0.05, 0) is 18.8 Å². The standard InChI is InChI=1S/C23H28N10O12P2/c24-17-10-18(27-5-26-17)32(6-28-10)12-8-1-2-23(8)4-42-47(39,40)44-15-13(34)9(3-41-46(37,38)45-16(23)14(12)35)43-21(15)33-7-29-11-19(33)30-22(25)31-20(11)36/h5-9,12-16,21,34-35H,1-4H2,(H,37,38)(H,39,40)(H2,24,26,27)(H3,25,30,31,36)/t8-,9-,12-,13-,14+,15-,16+,21-,23+/m1/s1. The molecule has 4 aromatic heterocycles. The zero-order valence-electron chi connectivity index (χ0n) is 23.9. The molecule has 4 fully saturated rings. The number of ether oxygens (including phenoxy) is 1. The van der Waals surface area contributed by atoms with Gasteiger partial charge in [-0.25, -0.2) is 29.1 Å². The average molecular weight is 698 g/mol. The maximum absolute atomic E-state index is 13.5. The normalized spacial score (nSPS) is 40.7. The molecule has 47 heavy (non-hydrogen) atoms. The first-order chi connectivity index (χ1) is 22.3. The van der Waals surface area contributed by atoms with Crippen molar-refractivity contribution in [1.29, 1.82) is 0 Å². The molecule has 6 heterocycles. The Balaban J connectivity index is 1.16. The number of hydrogen-bond acceptors (Lipinski definition) is 17. The molecule has 0 radical (unpaired) electrons. The van der Waals surface area contributed by atoms with Crippen LogP contribution in [-0.2, 0) is 32.0 Å². The molecule has 2 aliphatic heterocycles. The van der Waals surface area contributed by atoms with Gasteiger partial charge < -0.3 is 40.8 Å². The number of anilines is 2. The van der Waals surface area contributed by atoms with Crippen LogP contribution in [0, 0.1) is 11.3 Å². The smallest absolute Gasteiger partial charge is 0.388 e. The predicted octanol–water partition coefficient (Wildman–Crippen LogP) is -1.29. The summed E-state index contributed by atoms with van der Waals surface area (Å²) >= 11 is 0. The molecular formula is C23H28N10O12P2. The summed E-state index contributed by atoms with van der Waals surface area (Å²) in [7, 11) is -10.1. The summed E-state index contributed by atoms with van der Waals surface area (Å²) in [4.78, 5) is 56.9. The van der Waals surface area contributed by atoms with Crippen molar-refractivity contribution in [1.82, 2.24) is 39.0 Å². The number of nitrogens with zero attached hydrogens (tertiary/aromatic N) is 7. The van der Waals surface area contributed by atoms with E-state index in [1.807, 2.05) is 0 Å². The van der Waals surface area contributed by atoms with Crippen LogP contribution in [0.1, 0.15) is 25.1 Å². The van der Waals surface area contributed by atoms with E-state index in [-0.39, 0.29) is 40.5 Å². The number of H-pyrrole nitrogens is 1. The van der Waals surface area contributed by atoms with Crippen molar-refractivity contribution in [2.75, 3.05) is 24.7 Å². The van der Waals surface area contributed by atoms with Crippen molar-refractivity contribution < 1.29 is 52.0 Å². The Bertz CT molecular complexity index is 2060. The Kier molecular flexibility index (Phi) is 6.94. The van der Waals surface area contributed by atoms with E-state index < -0.39 is 88.5 Å². The molecule has 22 nitrogen and oxygen atoms in total. The van der Waals surface area contributed by atoms with Crippen LogP contribution in [0.2, 0.25) is 0 Å². The minimum atomic E-state index is -5.07. The second kappa shape index (κ2) is 10.5. The summed E-state index contributed by atoms with van der Waals surface area (Å²) in [6.07, 6.45) is -4.79. The fraction of sp³-hybridized carbons (Fsp3) is 0.565. The SMILES string of the molecule is Nc1nc2c(ncn2[C@@H]2O[C@@H]3COP(=O)(O)O[C@H]4[C@@H](O)[C@H](n5cnc6c(N)ncnc65)[C@H]5CC[C@]54COP(=O)(O)O[C@@H]2[C@@H]3O)c(=O)[nH]1. The lowest BCUT2D eigenvalue weighted by atomic mass is 9.60. The Morgan fingerprint density at radius 3 is 2.47 bits per heavy atom. The van der Waals surface area contributed by atoms with Crippen LogP contribution in [-0.4, -0.2) is 103 Å². The van der Waals surface area contributed by atoms with Crippen molar-refractivity contribution in [3.05, 3.63) is 29.3 Å². The minimum Gasteiger partial charge on any atom is -0.388 e. The number of phosphoric acid groups is 2. The van der Waals surface area contributed by atoms with Gasteiger partial charge in [0.15, 0.2) is 28.9 Å². The van der Waals surface area contributed by atoms with Crippen molar-refractivity contribution >= 4 is 49.7 Å². The van der Waals surface area contributed by atoms with Crippen LogP contribution in [0.3, 0.4) is 0 Å². The number of nitrogen functional groups attached to an aromatic ring is 2. The molecular weight excluding hydrogens is 670 g/mol. The second-order valence-electron chi connectivity index (χ2n) is 11.9. The van der Waals surface area contributed by atoms with Crippen molar-refractivity contribution in [2.45, 2.75) is 55.6 Å². The van der Waals surface area contributed by atoms with E-state index >= 15 is 0 Å². The molecule has 1 spiro atoms. The van der Waals surface area contributed by atoms with Gasteiger partial charge in [-0.1, -0.05) is 0 Å². The first-order valence-corrected chi connectivity index (χ1v) is 17.3. The first kappa shape index (κ1) is 30.9. The summed E-state index contributed by atoms with van der Waals surface area (Å²) in [5.74, 6) is -0.700. The number of nitrogens with two attached hydrogens (primary N) is 2. The number of aliphatic hydroxyl groups excluding tert-OH is 2. The molecule has 2 saturated carbocycles. The van der Waals surface area contributed by atoms with Crippen molar-refractivity contribution in [2.24, 2.45) is 11.3 Å². The van der Waals surface area contributed by atoms with Crippen LogP contribution < -0.4 is 17.0 Å². The van der Waals surface area contributed by atoms with Crippen LogP contribution in [0.5, 0.6) is 0 Å². The van der Waals surface area contributed by atoms with Crippen molar-refractivity contribution in [3.63, 3.8) is 0 Å².